The Kier molecular flexibility index (Phi) is 8.50. The molecule has 1 aromatic rings. The molecule has 0 spiro atoms. The number of benzene rings is 1. The van der Waals surface area contributed by atoms with Gasteiger partial charge in [-0.2, -0.15) is 0 Å². The van der Waals surface area contributed by atoms with E-state index in [2.05, 4.69) is 15.4 Å². The van der Waals surface area contributed by atoms with E-state index >= 15 is 0 Å². The normalized spacial score (nSPS) is 15.7. The molecule has 1 aromatic carbocycles. The molecule has 0 aromatic heterocycles. The smallest absolute Gasteiger partial charge is 0.240 e. The van der Waals surface area contributed by atoms with Crippen LogP contribution in [0, 0.1) is 5.92 Å². The second kappa shape index (κ2) is 10.6. The van der Waals surface area contributed by atoms with Gasteiger partial charge in [0.2, 0.25) is 15.9 Å². The standard InChI is InChI=1S/C18H29N3O4S/c1-25-13-12-21-26(23,24)17-5-2-16(3-6-17)14-20-18(22)7-4-15-8-10-19-11-9-15/h2-3,5-6,15,19,21H,4,7-14H2,1H3,(H,20,22). The first-order valence-electron chi connectivity index (χ1n) is 9.06. The van der Waals surface area contributed by atoms with E-state index in [1.165, 1.54) is 7.11 Å². The molecule has 7 nitrogen and oxygen atoms in total. The van der Waals surface area contributed by atoms with Crippen LogP contribution in [0.5, 0.6) is 0 Å². The van der Waals surface area contributed by atoms with Crippen LogP contribution in [0.4, 0.5) is 0 Å². The number of sulfonamides is 1. The molecule has 0 saturated carbocycles. The molecule has 1 saturated heterocycles. The molecule has 2 rings (SSSR count). The van der Waals surface area contributed by atoms with Crippen molar-refractivity contribution in [2.75, 3.05) is 33.4 Å². The molecule has 146 valence electrons. The molecule has 1 fully saturated rings. The lowest BCUT2D eigenvalue weighted by atomic mass is 9.93. The highest BCUT2D eigenvalue weighted by molar-refractivity contribution is 7.89. The van der Waals surface area contributed by atoms with E-state index < -0.39 is 10.0 Å². The Morgan fingerprint density at radius 2 is 1.92 bits per heavy atom. The first-order chi connectivity index (χ1) is 12.5. The zero-order valence-corrected chi connectivity index (χ0v) is 16.1. The van der Waals surface area contributed by atoms with Crippen molar-refractivity contribution in [3.8, 4) is 0 Å². The quantitative estimate of drug-likeness (QED) is 0.524. The largest absolute Gasteiger partial charge is 0.383 e. The maximum atomic E-state index is 12.1. The lowest BCUT2D eigenvalue weighted by Crippen LogP contribution is -2.29. The summed E-state index contributed by atoms with van der Waals surface area (Å²) in [5.41, 5.74) is 0.871. The number of carbonyl (C=O) groups excluding carboxylic acids is 1. The summed E-state index contributed by atoms with van der Waals surface area (Å²) in [6.07, 6.45) is 3.75. The number of hydrogen-bond acceptors (Lipinski definition) is 5. The summed E-state index contributed by atoms with van der Waals surface area (Å²) in [7, 11) is -2.01. The third-order valence-electron chi connectivity index (χ3n) is 4.56. The molecule has 0 bridgehead atoms. The topological polar surface area (TPSA) is 96.5 Å². The van der Waals surface area contributed by atoms with Crippen molar-refractivity contribution in [2.24, 2.45) is 5.92 Å². The SMILES string of the molecule is COCCNS(=O)(=O)c1ccc(CNC(=O)CCC2CCNCC2)cc1. The number of piperidine rings is 1. The Morgan fingerprint density at radius 3 is 2.58 bits per heavy atom. The maximum Gasteiger partial charge on any atom is 0.240 e. The van der Waals surface area contributed by atoms with Crippen molar-refractivity contribution in [1.82, 2.24) is 15.4 Å². The van der Waals surface area contributed by atoms with Crippen LogP contribution in [0.2, 0.25) is 0 Å². The fraction of sp³-hybridized carbons (Fsp3) is 0.611. The average Bonchev–Trinajstić information content (AvgIpc) is 2.66. The van der Waals surface area contributed by atoms with Gasteiger partial charge in [-0.05, 0) is 56.0 Å². The van der Waals surface area contributed by atoms with Gasteiger partial charge in [0.25, 0.3) is 0 Å². The monoisotopic (exact) mass is 383 g/mol. The van der Waals surface area contributed by atoms with Gasteiger partial charge in [-0.1, -0.05) is 12.1 Å². The number of methoxy groups -OCH3 is 1. The third kappa shape index (κ3) is 7.03. The summed E-state index contributed by atoms with van der Waals surface area (Å²) in [6.45, 7) is 3.04. The van der Waals surface area contributed by atoms with Gasteiger partial charge in [-0.25, -0.2) is 13.1 Å². The Balaban J connectivity index is 1.75. The third-order valence-corrected chi connectivity index (χ3v) is 6.04. The number of rotatable bonds is 10. The van der Waals surface area contributed by atoms with Gasteiger partial charge in [-0.15, -0.1) is 0 Å². The van der Waals surface area contributed by atoms with E-state index in [9.17, 15) is 13.2 Å². The summed E-state index contributed by atoms with van der Waals surface area (Å²) < 4.78 is 31.5. The van der Waals surface area contributed by atoms with E-state index in [-0.39, 0.29) is 17.3 Å². The summed E-state index contributed by atoms with van der Waals surface area (Å²) in [5, 5.41) is 6.23. The van der Waals surface area contributed by atoms with Crippen LogP contribution in [0.1, 0.15) is 31.2 Å². The summed E-state index contributed by atoms with van der Waals surface area (Å²) in [6, 6.07) is 6.53. The molecule has 1 heterocycles. The van der Waals surface area contributed by atoms with E-state index in [0.29, 0.717) is 25.5 Å². The number of hydrogen-bond donors (Lipinski definition) is 3. The number of amides is 1. The van der Waals surface area contributed by atoms with Gasteiger partial charge in [0.05, 0.1) is 11.5 Å². The van der Waals surface area contributed by atoms with Gasteiger partial charge in [0.15, 0.2) is 0 Å². The molecule has 8 heteroatoms. The molecule has 0 unspecified atom stereocenters. The van der Waals surface area contributed by atoms with Crippen LogP contribution in [-0.2, 0) is 26.1 Å². The zero-order chi connectivity index (χ0) is 18.8. The first kappa shape index (κ1) is 20.8. The van der Waals surface area contributed by atoms with Crippen molar-refractivity contribution in [3.63, 3.8) is 0 Å². The summed E-state index contributed by atoms with van der Waals surface area (Å²) in [5.74, 6) is 0.679. The molecule has 26 heavy (non-hydrogen) atoms. The molecule has 0 radical (unpaired) electrons. The van der Waals surface area contributed by atoms with E-state index in [4.69, 9.17) is 4.74 Å². The maximum absolute atomic E-state index is 12.1. The van der Waals surface area contributed by atoms with Crippen LogP contribution in [0.3, 0.4) is 0 Å². The molecule has 1 aliphatic rings. The molecule has 0 atom stereocenters. The second-order valence-electron chi connectivity index (χ2n) is 6.54. The molecule has 0 aliphatic carbocycles. The van der Waals surface area contributed by atoms with Crippen molar-refractivity contribution in [3.05, 3.63) is 29.8 Å². The van der Waals surface area contributed by atoms with Crippen LogP contribution in [-0.4, -0.2) is 47.7 Å². The van der Waals surface area contributed by atoms with Gasteiger partial charge in [-0.3, -0.25) is 4.79 Å². The van der Waals surface area contributed by atoms with E-state index in [1.54, 1.807) is 24.3 Å². The summed E-state index contributed by atoms with van der Waals surface area (Å²) >= 11 is 0. The highest BCUT2D eigenvalue weighted by Gasteiger charge is 2.15. The second-order valence-corrected chi connectivity index (χ2v) is 8.31. The molecule has 1 aliphatic heterocycles. The predicted octanol–water partition coefficient (Wildman–Crippen LogP) is 1.01. The number of ether oxygens (including phenoxy) is 1. The van der Waals surface area contributed by atoms with Crippen molar-refractivity contribution < 1.29 is 17.9 Å². The van der Waals surface area contributed by atoms with E-state index in [1.807, 2.05) is 0 Å². The van der Waals surface area contributed by atoms with Crippen LogP contribution >= 0.6 is 0 Å². The predicted molar refractivity (Wildman–Crippen MR) is 100 cm³/mol. The van der Waals surface area contributed by atoms with E-state index in [0.717, 1.165) is 37.9 Å². The van der Waals surface area contributed by atoms with Crippen LogP contribution in [0.15, 0.2) is 29.2 Å². The number of carbonyl (C=O) groups is 1. The van der Waals surface area contributed by atoms with Crippen molar-refractivity contribution >= 4 is 15.9 Å². The summed E-state index contributed by atoms with van der Waals surface area (Å²) in [4.78, 5) is 12.2. The minimum absolute atomic E-state index is 0.0430. The molecular formula is C18H29N3O4S. The average molecular weight is 384 g/mol. The van der Waals surface area contributed by atoms with Crippen LogP contribution in [0.25, 0.3) is 0 Å². The Labute approximate surface area is 155 Å². The minimum Gasteiger partial charge on any atom is -0.383 e. The van der Waals surface area contributed by atoms with Crippen LogP contribution < -0.4 is 15.4 Å². The van der Waals surface area contributed by atoms with Crippen molar-refractivity contribution in [2.45, 2.75) is 37.1 Å². The lowest BCUT2D eigenvalue weighted by Gasteiger charge is -2.22. The fourth-order valence-corrected chi connectivity index (χ4v) is 3.96. The van der Waals surface area contributed by atoms with Gasteiger partial charge < -0.3 is 15.4 Å². The molecule has 3 N–H and O–H groups in total. The Bertz CT molecular complexity index is 656. The van der Waals surface area contributed by atoms with Gasteiger partial charge in [0.1, 0.15) is 0 Å². The van der Waals surface area contributed by atoms with Gasteiger partial charge in [0, 0.05) is 26.6 Å². The number of nitrogens with one attached hydrogen (secondary N) is 3. The zero-order valence-electron chi connectivity index (χ0n) is 15.3. The fourth-order valence-electron chi connectivity index (χ4n) is 2.94. The lowest BCUT2D eigenvalue weighted by molar-refractivity contribution is -0.121. The highest BCUT2D eigenvalue weighted by atomic mass is 32.2. The molecule has 1 amide bonds. The van der Waals surface area contributed by atoms with Crippen molar-refractivity contribution in [1.29, 1.82) is 0 Å². The molecular weight excluding hydrogens is 354 g/mol. The highest BCUT2D eigenvalue weighted by Crippen LogP contribution is 2.17. The Morgan fingerprint density at radius 1 is 1.23 bits per heavy atom. The van der Waals surface area contributed by atoms with Gasteiger partial charge >= 0.3 is 0 Å². The Hall–Kier alpha value is -1.48. The first-order valence-corrected chi connectivity index (χ1v) is 10.5. The minimum atomic E-state index is -3.52.